The minimum atomic E-state index is 0.119. The largest absolute Gasteiger partial charge is 0.350 e. The summed E-state index contributed by atoms with van der Waals surface area (Å²) in [5.74, 6) is 0.119. The molecule has 2 aromatic rings. The van der Waals surface area contributed by atoms with Crippen LogP contribution in [-0.2, 0) is 11.3 Å². The van der Waals surface area contributed by atoms with Gasteiger partial charge < -0.3 is 5.32 Å². The normalized spacial score (nSPS) is 18.5. The second kappa shape index (κ2) is 7.07. The molecule has 1 saturated heterocycles. The number of nitrogens with one attached hydrogen (secondary N) is 1. The van der Waals surface area contributed by atoms with E-state index in [4.69, 9.17) is 0 Å². The maximum absolute atomic E-state index is 12.2. The smallest absolute Gasteiger partial charge is 0.234 e. The topological polar surface area (TPSA) is 32.3 Å². The van der Waals surface area contributed by atoms with Crippen molar-refractivity contribution in [3.8, 4) is 0 Å². The van der Waals surface area contributed by atoms with E-state index in [1.54, 1.807) is 11.3 Å². The zero-order chi connectivity index (χ0) is 15.4. The zero-order valence-corrected chi connectivity index (χ0v) is 13.7. The van der Waals surface area contributed by atoms with Crippen LogP contribution in [0, 0.1) is 6.92 Å². The van der Waals surface area contributed by atoms with Crippen molar-refractivity contribution >= 4 is 17.2 Å². The average Bonchev–Trinajstić information content (AvgIpc) is 3.17. The number of hydrogen-bond acceptors (Lipinski definition) is 3. The molecule has 1 aliphatic rings. The van der Waals surface area contributed by atoms with Crippen molar-refractivity contribution in [3.05, 3.63) is 57.8 Å². The number of likely N-dealkylation sites (tertiary alicyclic amines) is 1. The Bertz CT molecular complexity index is 624. The molecule has 1 atom stereocenters. The minimum Gasteiger partial charge on any atom is -0.350 e. The molecule has 1 fully saturated rings. The summed E-state index contributed by atoms with van der Waals surface area (Å²) in [7, 11) is 0. The summed E-state index contributed by atoms with van der Waals surface area (Å²) in [6.45, 7) is 4.29. The number of benzene rings is 1. The SMILES string of the molecule is Cc1ccccc1C1CCCN1CC(=O)NCc1cccs1. The van der Waals surface area contributed by atoms with Gasteiger partial charge in [0.05, 0.1) is 13.1 Å². The first kappa shape index (κ1) is 15.3. The van der Waals surface area contributed by atoms with E-state index >= 15 is 0 Å². The first-order valence-electron chi connectivity index (χ1n) is 7.82. The van der Waals surface area contributed by atoms with Gasteiger partial charge in [-0.05, 0) is 48.9 Å². The Hall–Kier alpha value is -1.65. The Balaban J connectivity index is 1.59. The van der Waals surface area contributed by atoms with Crippen molar-refractivity contribution in [1.82, 2.24) is 10.2 Å². The van der Waals surface area contributed by atoms with Crippen molar-refractivity contribution in [2.24, 2.45) is 0 Å². The highest BCUT2D eigenvalue weighted by Crippen LogP contribution is 2.33. The van der Waals surface area contributed by atoms with Crippen LogP contribution in [0.15, 0.2) is 41.8 Å². The van der Waals surface area contributed by atoms with Gasteiger partial charge in [-0.25, -0.2) is 0 Å². The summed E-state index contributed by atoms with van der Waals surface area (Å²) in [6.07, 6.45) is 2.31. The van der Waals surface area contributed by atoms with Crippen LogP contribution in [0.2, 0.25) is 0 Å². The molecule has 3 nitrogen and oxygen atoms in total. The number of hydrogen-bond donors (Lipinski definition) is 1. The summed E-state index contributed by atoms with van der Waals surface area (Å²) in [4.78, 5) is 15.7. The summed E-state index contributed by atoms with van der Waals surface area (Å²) >= 11 is 1.68. The lowest BCUT2D eigenvalue weighted by atomic mass is 9.99. The maximum Gasteiger partial charge on any atom is 0.234 e. The molecule has 0 aliphatic carbocycles. The average molecular weight is 314 g/mol. The van der Waals surface area contributed by atoms with E-state index in [0.717, 1.165) is 19.4 Å². The molecule has 0 saturated carbocycles. The predicted octanol–water partition coefficient (Wildman–Crippen LogP) is 3.51. The molecule has 1 aromatic carbocycles. The zero-order valence-electron chi connectivity index (χ0n) is 12.9. The maximum atomic E-state index is 12.2. The molecular formula is C18H22N2OS. The van der Waals surface area contributed by atoms with Gasteiger partial charge >= 0.3 is 0 Å². The van der Waals surface area contributed by atoms with E-state index in [0.29, 0.717) is 19.1 Å². The van der Waals surface area contributed by atoms with E-state index in [9.17, 15) is 4.79 Å². The fourth-order valence-corrected chi connectivity index (χ4v) is 3.81. The van der Waals surface area contributed by atoms with Gasteiger partial charge in [-0.3, -0.25) is 9.69 Å². The Morgan fingerprint density at radius 2 is 2.18 bits per heavy atom. The first-order chi connectivity index (χ1) is 10.7. The van der Waals surface area contributed by atoms with Crippen molar-refractivity contribution < 1.29 is 4.79 Å². The van der Waals surface area contributed by atoms with Gasteiger partial charge in [-0.1, -0.05) is 30.3 Å². The number of thiophene rings is 1. The second-order valence-electron chi connectivity index (χ2n) is 5.84. The van der Waals surface area contributed by atoms with E-state index in [2.05, 4.69) is 47.5 Å². The van der Waals surface area contributed by atoms with E-state index in [1.807, 2.05) is 11.4 Å². The monoisotopic (exact) mass is 314 g/mol. The van der Waals surface area contributed by atoms with Crippen LogP contribution < -0.4 is 5.32 Å². The summed E-state index contributed by atoms with van der Waals surface area (Å²) in [6, 6.07) is 13.0. The molecule has 1 aromatic heterocycles. The molecule has 3 rings (SSSR count). The molecule has 2 heterocycles. The lowest BCUT2D eigenvalue weighted by Crippen LogP contribution is -2.36. The summed E-state index contributed by atoms with van der Waals surface area (Å²) < 4.78 is 0. The fourth-order valence-electron chi connectivity index (χ4n) is 3.17. The standard InChI is InChI=1S/C18H22N2OS/c1-14-6-2-3-8-16(14)17-9-4-10-20(17)13-18(21)19-12-15-7-5-11-22-15/h2-3,5-8,11,17H,4,9-10,12-13H2,1H3,(H,19,21). The van der Waals surface area contributed by atoms with Gasteiger partial charge in [-0.15, -0.1) is 11.3 Å². The summed E-state index contributed by atoms with van der Waals surface area (Å²) in [5, 5.41) is 5.07. The van der Waals surface area contributed by atoms with Gasteiger partial charge in [0.2, 0.25) is 5.91 Å². The number of nitrogens with zero attached hydrogens (tertiary/aromatic N) is 1. The van der Waals surface area contributed by atoms with Crippen LogP contribution in [0.4, 0.5) is 0 Å². The van der Waals surface area contributed by atoms with E-state index in [1.165, 1.54) is 16.0 Å². The third kappa shape index (κ3) is 3.57. The molecule has 0 spiro atoms. The molecule has 1 N–H and O–H groups in total. The molecule has 1 aliphatic heterocycles. The van der Waals surface area contributed by atoms with Crippen molar-refractivity contribution in [2.75, 3.05) is 13.1 Å². The first-order valence-corrected chi connectivity index (χ1v) is 8.70. The Morgan fingerprint density at radius 1 is 1.32 bits per heavy atom. The number of aryl methyl sites for hydroxylation is 1. The van der Waals surface area contributed by atoms with Crippen LogP contribution >= 0.6 is 11.3 Å². The van der Waals surface area contributed by atoms with Gasteiger partial charge in [0.25, 0.3) is 0 Å². The highest BCUT2D eigenvalue weighted by molar-refractivity contribution is 7.09. The molecule has 116 valence electrons. The minimum absolute atomic E-state index is 0.119. The highest BCUT2D eigenvalue weighted by atomic mass is 32.1. The number of carbonyl (C=O) groups is 1. The van der Waals surface area contributed by atoms with Gasteiger partial charge in [0.15, 0.2) is 0 Å². The summed E-state index contributed by atoms with van der Waals surface area (Å²) in [5.41, 5.74) is 2.68. The Kier molecular flexibility index (Phi) is 4.90. The van der Waals surface area contributed by atoms with Crippen molar-refractivity contribution in [3.63, 3.8) is 0 Å². The third-order valence-electron chi connectivity index (χ3n) is 4.30. The highest BCUT2D eigenvalue weighted by Gasteiger charge is 2.28. The van der Waals surface area contributed by atoms with Crippen LogP contribution in [0.25, 0.3) is 0 Å². The molecular weight excluding hydrogens is 292 g/mol. The van der Waals surface area contributed by atoms with Crippen LogP contribution in [-0.4, -0.2) is 23.9 Å². The van der Waals surface area contributed by atoms with Crippen LogP contribution in [0.1, 0.15) is 34.9 Å². The van der Waals surface area contributed by atoms with Crippen LogP contribution in [0.3, 0.4) is 0 Å². The van der Waals surface area contributed by atoms with Gasteiger partial charge in [-0.2, -0.15) is 0 Å². The molecule has 22 heavy (non-hydrogen) atoms. The van der Waals surface area contributed by atoms with E-state index < -0.39 is 0 Å². The van der Waals surface area contributed by atoms with Crippen molar-refractivity contribution in [2.45, 2.75) is 32.4 Å². The predicted molar refractivity (Wildman–Crippen MR) is 90.9 cm³/mol. The molecule has 1 amide bonds. The number of amides is 1. The molecule has 1 unspecified atom stereocenters. The Morgan fingerprint density at radius 3 is 2.95 bits per heavy atom. The number of carbonyl (C=O) groups excluding carboxylic acids is 1. The second-order valence-corrected chi connectivity index (χ2v) is 6.87. The van der Waals surface area contributed by atoms with Crippen molar-refractivity contribution in [1.29, 1.82) is 0 Å². The lowest BCUT2D eigenvalue weighted by molar-refractivity contribution is -0.122. The lowest BCUT2D eigenvalue weighted by Gasteiger charge is -2.25. The molecule has 0 radical (unpaired) electrons. The number of rotatable bonds is 5. The molecule has 0 bridgehead atoms. The molecule has 4 heteroatoms. The van der Waals surface area contributed by atoms with Gasteiger partial charge in [0.1, 0.15) is 0 Å². The van der Waals surface area contributed by atoms with Crippen LogP contribution in [0.5, 0.6) is 0 Å². The Labute approximate surface area is 136 Å². The fraction of sp³-hybridized carbons (Fsp3) is 0.389. The van der Waals surface area contributed by atoms with E-state index in [-0.39, 0.29) is 5.91 Å². The third-order valence-corrected chi connectivity index (χ3v) is 5.17. The quantitative estimate of drug-likeness (QED) is 0.916. The van der Waals surface area contributed by atoms with Gasteiger partial charge in [0, 0.05) is 10.9 Å².